The lowest BCUT2D eigenvalue weighted by molar-refractivity contribution is -0.122. The molecule has 1 atom stereocenters. The van der Waals surface area contributed by atoms with Gasteiger partial charge in [0, 0.05) is 24.7 Å². The van der Waals surface area contributed by atoms with Gasteiger partial charge in [0.1, 0.15) is 17.3 Å². The number of carbonyl (C=O) groups excluding carboxylic acids is 2. The molecule has 6 nitrogen and oxygen atoms in total. The van der Waals surface area contributed by atoms with Crippen LogP contribution in [0.25, 0.3) is 0 Å². The normalized spacial score (nSPS) is 11.4. The van der Waals surface area contributed by atoms with Crippen molar-refractivity contribution in [3.05, 3.63) is 48.3 Å². The number of methoxy groups -OCH3 is 1. The van der Waals surface area contributed by atoms with Crippen molar-refractivity contribution in [2.24, 2.45) is 0 Å². The predicted octanol–water partition coefficient (Wildman–Crippen LogP) is 3.20. The van der Waals surface area contributed by atoms with Crippen molar-refractivity contribution in [3.63, 3.8) is 0 Å². The first kappa shape index (κ1) is 18.3. The van der Waals surface area contributed by atoms with Gasteiger partial charge in [-0.05, 0) is 31.2 Å². The minimum absolute atomic E-state index is 0.229. The molecule has 0 bridgehead atoms. The van der Waals surface area contributed by atoms with Gasteiger partial charge in [0.05, 0.1) is 12.8 Å². The van der Waals surface area contributed by atoms with E-state index in [1.807, 2.05) is 0 Å². The highest BCUT2D eigenvalue weighted by molar-refractivity contribution is 5.95. The van der Waals surface area contributed by atoms with Crippen LogP contribution in [-0.2, 0) is 9.59 Å². The Morgan fingerprint density at radius 2 is 1.88 bits per heavy atom. The maximum atomic E-state index is 13.2. The molecule has 1 unspecified atom stereocenters. The molecule has 0 fully saturated rings. The maximum Gasteiger partial charge on any atom is 0.265 e. The van der Waals surface area contributed by atoms with Crippen molar-refractivity contribution < 1.29 is 23.5 Å². The van der Waals surface area contributed by atoms with Crippen LogP contribution in [-0.4, -0.2) is 25.0 Å². The molecule has 2 N–H and O–H groups in total. The lowest BCUT2D eigenvalue weighted by Gasteiger charge is -2.16. The van der Waals surface area contributed by atoms with Gasteiger partial charge in [-0.2, -0.15) is 0 Å². The van der Waals surface area contributed by atoms with E-state index >= 15 is 0 Å². The summed E-state index contributed by atoms with van der Waals surface area (Å²) in [6.07, 6.45) is -0.831. The van der Waals surface area contributed by atoms with E-state index in [0.717, 1.165) is 0 Å². The van der Waals surface area contributed by atoms with E-state index in [-0.39, 0.29) is 11.7 Å². The molecule has 0 aliphatic heterocycles. The van der Waals surface area contributed by atoms with Gasteiger partial charge in [-0.15, -0.1) is 0 Å². The largest absolute Gasteiger partial charge is 0.494 e. The van der Waals surface area contributed by atoms with E-state index in [1.165, 1.54) is 32.2 Å². The van der Waals surface area contributed by atoms with Crippen LogP contribution >= 0.6 is 0 Å². The second-order valence-corrected chi connectivity index (χ2v) is 5.30. The number of halogens is 1. The van der Waals surface area contributed by atoms with Gasteiger partial charge < -0.3 is 20.1 Å². The van der Waals surface area contributed by atoms with E-state index in [1.54, 1.807) is 31.2 Å². The number of carbonyl (C=O) groups is 2. The summed E-state index contributed by atoms with van der Waals surface area (Å²) >= 11 is 0. The number of hydrogen-bond acceptors (Lipinski definition) is 4. The fourth-order valence-electron chi connectivity index (χ4n) is 2.10. The van der Waals surface area contributed by atoms with E-state index in [9.17, 15) is 14.0 Å². The molecule has 25 heavy (non-hydrogen) atoms. The zero-order valence-corrected chi connectivity index (χ0v) is 14.1. The van der Waals surface area contributed by atoms with E-state index in [2.05, 4.69) is 10.6 Å². The zero-order chi connectivity index (χ0) is 18.4. The molecule has 0 saturated carbocycles. The quantitative estimate of drug-likeness (QED) is 0.842. The predicted molar refractivity (Wildman–Crippen MR) is 92.4 cm³/mol. The van der Waals surface area contributed by atoms with Crippen LogP contribution in [0, 0.1) is 5.82 Å². The van der Waals surface area contributed by atoms with Crippen molar-refractivity contribution in [2.45, 2.75) is 20.0 Å². The van der Waals surface area contributed by atoms with Gasteiger partial charge >= 0.3 is 0 Å². The Kier molecular flexibility index (Phi) is 5.94. The van der Waals surface area contributed by atoms with Gasteiger partial charge in [0.15, 0.2) is 6.10 Å². The summed E-state index contributed by atoms with van der Waals surface area (Å²) in [5, 5.41) is 5.31. The number of hydrogen-bond donors (Lipinski definition) is 2. The molecule has 0 aliphatic rings. The second-order valence-electron chi connectivity index (χ2n) is 5.30. The molecule has 132 valence electrons. The number of anilines is 2. The topological polar surface area (TPSA) is 76.7 Å². The molecule has 2 amide bonds. The number of ether oxygens (including phenoxy) is 2. The van der Waals surface area contributed by atoms with E-state index in [0.29, 0.717) is 17.1 Å². The van der Waals surface area contributed by atoms with Crippen molar-refractivity contribution in [3.8, 4) is 11.5 Å². The lowest BCUT2D eigenvalue weighted by Crippen LogP contribution is -2.30. The maximum absolute atomic E-state index is 13.2. The molecule has 0 spiro atoms. The van der Waals surface area contributed by atoms with Gasteiger partial charge in [0.2, 0.25) is 5.91 Å². The minimum Gasteiger partial charge on any atom is -0.494 e. The Balaban J connectivity index is 2.05. The monoisotopic (exact) mass is 346 g/mol. The molecule has 0 aromatic heterocycles. The molecule has 2 aromatic rings. The second kappa shape index (κ2) is 8.14. The standard InChI is InChI=1S/C18H19FN2O4/c1-11(25-15-6-4-5-13(19)9-15)18(23)21-14-7-8-16(20-12(2)22)17(10-14)24-3/h4-11H,1-3H3,(H,20,22)(H,21,23). The number of amides is 2. The average Bonchev–Trinajstić information content (AvgIpc) is 2.55. The first-order chi connectivity index (χ1) is 11.9. The third-order valence-electron chi connectivity index (χ3n) is 3.26. The SMILES string of the molecule is COc1cc(NC(=O)C(C)Oc2cccc(F)c2)ccc1NC(C)=O. The van der Waals surface area contributed by atoms with E-state index < -0.39 is 17.8 Å². The Morgan fingerprint density at radius 1 is 1.12 bits per heavy atom. The summed E-state index contributed by atoms with van der Waals surface area (Å²) in [5.74, 6) is -0.401. The minimum atomic E-state index is -0.831. The fourth-order valence-corrected chi connectivity index (χ4v) is 2.10. The molecular formula is C18H19FN2O4. The number of rotatable bonds is 6. The third kappa shape index (κ3) is 5.20. The first-order valence-corrected chi connectivity index (χ1v) is 7.57. The van der Waals surface area contributed by atoms with Gasteiger partial charge in [-0.25, -0.2) is 4.39 Å². The number of nitrogens with one attached hydrogen (secondary N) is 2. The average molecular weight is 346 g/mol. The Hall–Kier alpha value is -3.09. The van der Waals surface area contributed by atoms with Crippen molar-refractivity contribution in [1.29, 1.82) is 0 Å². The van der Waals surface area contributed by atoms with Crippen molar-refractivity contribution >= 4 is 23.2 Å². The molecular weight excluding hydrogens is 327 g/mol. The molecule has 2 aromatic carbocycles. The lowest BCUT2D eigenvalue weighted by atomic mass is 10.2. The smallest absolute Gasteiger partial charge is 0.265 e. The highest BCUT2D eigenvalue weighted by Gasteiger charge is 2.16. The highest BCUT2D eigenvalue weighted by atomic mass is 19.1. The summed E-state index contributed by atoms with van der Waals surface area (Å²) in [6, 6.07) is 10.4. The van der Waals surface area contributed by atoms with Crippen LogP contribution in [0.2, 0.25) is 0 Å². The van der Waals surface area contributed by atoms with Crippen molar-refractivity contribution in [2.75, 3.05) is 17.7 Å². The first-order valence-electron chi connectivity index (χ1n) is 7.57. The molecule has 0 saturated heterocycles. The summed E-state index contributed by atoms with van der Waals surface area (Å²) in [7, 11) is 1.46. The van der Waals surface area contributed by atoms with Crippen LogP contribution in [0.15, 0.2) is 42.5 Å². The van der Waals surface area contributed by atoms with E-state index in [4.69, 9.17) is 9.47 Å². The van der Waals surface area contributed by atoms with Gasteiger partial charge in [-0.3, -0.25) is 9.59 Å². The van der Waals surface area contributed by atoms with Gasteiger partial charge in [0.25, 0.3) is 5.91 Å². The van der Waals surface area contributed by atoms with Crippen LogP contribution in [0.3, 0.4) is 0 Å². The molecule has 0 radical (unpaired) electrons. The third-order valence-corrected chi connectivity index (χ3v) is 3.26. The summed E-state index contributed by atoms with van der Waals surface area (Å²) in [6.45, 7) is 2.95. The molecule has 7 heteroatoms. The Morgan fingerprint density at radius 3 is 2.52 bits per heavy atom. The van der Waals surface area contributed by atoms with Crippen LogP contribution in [0.4, 0.5) is 15.8 Å². The zero-order valence-electron chi connectivity index (χ0n) is 14.1. The Labute approximate surface area is 144 Å². The molecule has 0 aliphatic carbocycles. The Bertz CT molecular complexity index is 779. The fraction of sp³-hybridized carbons (Fsp3) is 0.222. The van der Waals surface area contributed by atoms with Crippen LogP contribution in [0.1, 0.15) is 13.8 Å². The number of benzene rings is 2. The van der Waals surface area contributed by atoms with Gasteiger partial charge in [-0.1, -0.05) is 6.07 Å². The van der Waals surface area contributed by atoms with Crippen LogP contribution < -0.4 is 20.1 Å². The summed E-state index contributed by atoms with van der Waals surface area (Å²) < 4.78 is 23.8. The molecule has 2 rings (SSSR count). The summed E-state index contributed by atoms with van der Waals surface area (Å²) in [4.78, 5) is 23.4. The summed E-state index contributed by atoms with van der Waals surface area (Å²) in [5.41, 5.74) is 0.975. The van der Waals surface area contributed by atoms with Crippen LogP contribution in [0.5, 0.6) is 11.5 Å². The van der Waals surface area contributed by atoms with Crippen molar-refractivity contribution in [1.82, 2.24) is 0 Å². The highest BCUT2D eigenvalue weighted by Crippen LogP contribution is 2.28. The molecule has 0 heterocycles.